The molecule has 0 heterocycles. The number of hydrogen-bond donors (Lipinski definition) is 2. The first kappa shape index (κ1) is 19.7. The third kappa shape index (κ3) is 5.67. The van der Waals surface area contributed by atoms with Crippen LogP contribution in [0.25, 0.3) is 0 Å². The summed E-state index contributed by atoms with van der Waals surface area (Å²) < 4.78 is 36.5. The van der Waals surface area contributed by atoms with E-state index >= 15 is 0 Å². The Hall–Kier alpha value is -1.32. The highest BCUT2D eigenvalue weighted by Gasteiger charge is 2.39. The Labute approximate surface area is 151 Å². The first-order valence-electron chi connectivity index (χ1n) is 7.10. The van der Waals surface area contributed by atoms with E-state index in [1.807, 2.05) is 0 Å². The van der Waals surface area contributed by atoms with Crippen molar-refractivity contribution in [1.82, 2.24) is 0 Å². The number of benzene rings is 1. The summed E-state index contributed by atoms with van der Waals surface area (Å²) in [7, 11) is 3.09. The fraction of sp³-hybridized carbons (Fsp3) is 0.533. The van der Waals surface area contributed by atoms with Crippen LogP contribution in [0.3, 0.4) is 0 Å². The second-order valence-electron chi connectivity index (χ2n) is 5.39. The Morgan fingerprint density at radius 1 is 1.35 bits per heavy atom. The molecule has 0 bridgehead atoms. The zero-order valence-electron chi connectivity index (χ0n) is 13.1. The Morgan fingerprint density at radius 3 is 2.61 bits per heavy atom. The van der Waals surface area contributed by atoms with E-state index in [9.17, 15) is 8.78 Å². The van der Waals surface area contributed by atoms with E-state index in [1.54, 1.807) is 32.4 Å². The van der Waals surface area contributed by atoms with Gasteiger partial charge in [0.05, 0.1) is 14.2 Å². The van der Waals surface area contributed by atoms with Crippen molar-refractivity contribution < 1.29 is 18.3 Å². The predicted octanol–water partition coefficient (Wildman–Crippen LogP) is 3.48. The van der Waals surface area contributed by atoms with E-state index in [4.69, 9.17) is 15.2 Å². The highest BCUT2D eigenvalue weighted by molar-refractivity contribution is 14.0. The molecule has 1 aliphatic carbocycles. The maximum Gasteiger partial charge on any atom is 0.248 e. The smallest absolute Gasteiger partial charge is 0.248 e. The first-order chi connectivity index (χ1) is 10.4. The maximum atomic E-state index is 13.1. The number of nitrogens with zero attached hydrogens (tertiary/aromatic N) is 1. The van der Waals surface area contributed by atoms with Gasteiger partial charge in [-0.2, -0.15) is 0 Å². The number of halogens is 3. The summed E-state index contributed by atoms with van der Waals surface area (Å²) in [5.41, 5.74) is 6.48. The van der Waals surface area contributed by atoms with Gasteiger partial charge in [-0.25, -0.2) is 8.78 Å². The van der Waals surface area contributed by atoms with Crippen LogP contribution in [0.4, 0.5) is 14.5 Å². The van der Waals surface area contributed by atoms with Crippen LogP contribution >= 0.6 is 24.0 Å². The number of nitrogens with one attached hydrogen (secondary N) is 1. The van der Waals surface area contributed by atoms with Crippen molar-refractivity contribution in [3.05, 3.63) is 18.2 Å². The molecule has 0 saturated heterocycles. The van der Waals surface area contributed by atoms with Crippen molar-refractivity contribution in [2.75, 3.05) is 26.1 Å². The molecule has 0 spiro atoms. The molecule has 1 atom stereocenters. The summed E-state index contributed by atoms with van der Waals surface area (Å²) in [5.74, 6) is -1.29. The normalized spacial score (nSPS) is 19.8. The number of hydrogen-bond acceptors (Lipinski definition) is 3. The molecule has 0 aliphatic heterocycles. The van der Waals surface area contributed by atoms with Gasteiger partial charge in [-0.3, -0.25) is 4.99 Å². The minimum Gasteiger partial charge on any atom is -0.493 e. The zero-order valence-corrected chi connectivity index (χ0v) is 15.5. The molecule has 0 amide bonds. The first-order valence-corrected chi connectivity index (χ1v) is 7.10. The van der Waals surface area contributed by atoms with Crippen molar-refractivity contribution in [2.24, 2.45) is 16.6 Å². The predicted molar refractivity (Wildman–Crippen MR) is 97.4 cm³/mol. The molecule has 1 saturated carbocycles. The van der Waals surface area contributed by atoms with Gasteiger partial charge < -0.3 is 20.5 Å². The number of guanidine groups is 1. The lowest BCUT2D eigenvalue weighted by Gasteiger charge is -2.12. The molecular formula is C15H22F2IN3O2. The van der Waals surface area contributed by atoms with Crippen molar-refractivity contribution in [3.8, 4) is 11.5 Å². The number of aliphatic imine (C=N–C) groups is 1. The fourth-order valence-electron chi connectivity index (χ4n) is 2.53. The van der Waals surface area contributed by atoms with Crippen LogP contribution in [0.5, 0.6) is 11.5 Å². The highest BCUT2D eigenvalue weighted by atomic mass is 127. The van der Waals surface area contributed by atoms with Gasteiger partial charge in [0.1, 0.15) is 0 Å². The summed E-state index contributed by atoms with van der Waals surface area (Å²) in [6, 6.07) is 5.24. The molecule has 8 heteroatoms. The summed E-state index contributed by atoms with van der Waals surface area (Å²) in [6.07, 6.45) is 0.316. The van der Waals surface area contributed by atoms with Gasteiger partial charge in [-0.05, 0) is 24.5 Å². The second kappa shape index (κ2) is 8.51. The van der Waals surface area contributed by atoms with Gasteiger partial charge in [0.25, 0.3) is 0 Å². The van der Waals surface area contributed by atoms with Gasteiger partial charge in [0, 0.05) is 31.1 Å². The largest absolute Gasteiger partial charge is 0.493 e. The minimum absolute atomic E-state index is 0. The van der Waals surface area contributed by atoms with Gasteiger partial charge in [0.2, 0.25) is 5.92 Å². The molecule has 1 unspecified atom stereocenters. The molecule has 1 aromatic rings. The number of anilines is 1. The molecule has 1 aliphatic rings. The summed E-state index contributed by atoms with van der Waals surface area (Å²) in [4.78, 5) is 4.14. The number of nitrogens with two attached hydrogens (primary N) is 1. The van der Waals surface area contributed by atoms with Crippen LogP contribution in [0.1, 0.15) is 19.3 Å². The molecule has 1 fully saturated rings. The van der Waals surface area contributed by atoms with Crippen LogP contribution in [0.2, 0.25) is 0 Å². The van der Waals surface area contributed by atoms with Gasteiger partial charge in [0.15, 0.2) is 17.5 Å². The number of rotatable bonds is 5. The summed E-state index contributed by atoms with van der Waals surface area (Å²) in [6.45, 7) is 0.307. The molecule has 0 radical (unpaired) electrons. The lowest BCUT2D eigenvalue weighted by atomic mass is 10.1. The number of methoxy groups -OCH3 is 2. The minimum atomic E-state index is -2.55. The quantitative estimate of drug-likeness (QED) is 0.417. The van der Waals surface area contributed by atoms with E-state index in [1.165, 1.54) is 0 Å². The Balaban J connectivity index is 0.00000264. The van der Waals surface area contributed by atoms with Crippen molar-refractivity contribution >= 4 is 35.6 Å². The Morgan fingerprint density at radius 2 is 2.04 bits per heavy atom. The SMILES string of the molecule is COc1ccc(NC(N)=NCC2CCC(F)(F)C2)cc1OC.I. The topological polar surface area (TPSA) is 68.9 Å². The van der Waals surface area contributed by atoms with Crippen molar-refractivity contribution in [3.63, 3.8) is 0 Å². The van der Waals surface area contributed by atoms with Gasteiger partial charge in [-0.1, -0.05) is 0 Å². The molecule has 2 rings (SSSR count). The van der Waals surface area contributed by atoms with Gasteiger partial charge >= 0.3 is 0 Å². The Bertz CT molecular complexity index is 556. The standard InChI is InChI=1S/C15H21F2N3O2.HI/c1-21-12-4-3-11(7-13(12)22-2)20-14(18)19-9-10-5-6-15(16,17)8-10;/h3-4,7,10H,5-6,8-9H2,1-2H3,(H3,18,19,20);1H. The maximum absolute atomic E-state index is 13.1. The van der Waals surface area contributed by atoms with E-state index in [-0.39, 0.29) is 48.7 Å². The lowest BCUT2D eigenvalue weighted by Crippen LogP contribution is -2.23. The molecule has 5 nitrogen and oxygen atoms in total. The molecule has 1 aromatic carbocycles. The van der Waals surface area contributed by atoms with Crippen LogP contribution in [-0.2, 0) is 0 Å². The van der Waals surface area contributed by atoms with Crippen molar-refractivity contribution in [2.45, 2.75) is 25.2 Å². The van der Waals surface area contributed by atoms with Crippen LogP contribution < -0.4 is 20.5 Å². The third-order valence-electron chi connectivity index (χ3n) is 3.68. The highest BCUT2D eigenvalue weighted by Crippen LogP contribution is 2.38. The Kier molecular flexibility index (Phi) is 7.30. The van der Waals surface area contributed by atoms with E-state index in [0.717, 1.165) is 0 Å². The number of ether oxygens (including phenoxy) is 2. The van der Waals surface area contributed by atoms with Crippen LogP contribution in [0, 0.1) is 5.92 Å². The van der Waals surface area contributed by atoms with Crippen LogP contribution in [0.15, 0.2) is 23.2 Å². The van der Waals surface area contributed by atoms with Crippen molar-refractivity contribution in [1.29, 1.82) is 0 Å². The monoisotopic (exact) mass is 441 g/mol. The lowest BCUT2D eigenvalue weighted by molar-refractivity contribution is 0.00542. The summed E-state index contributed by atoms with van der Waals surface area (Å²) in [5, 5.41) is 2.92. The summed E-state index contributed by atoms with van der Waals surface area (Å²) >= 11 is 0. The number of alkyl halides is 2. The molecular weight excluding hydrogens is 419 g/mol. The third-order valence-corrected chi connectivity index (χ3v) is 3.68. The van der Waals surface area contributed by atoms with E-state index in [0.29, 0.717) is 30.2 Å². The fourth-order valence-corrected chi connectivity index (χ4v) is 2.53. The van der Waals surface area contributed by atoms with Gasteiger partial charge in [-0.15, -0.1) is 24.0 Å². The second-order valence-corrected chi connectivity index (χ2v) is 5.39. The average Bonchev–Trinajstić information content (AvgIpc) is 2.84. The van der Waals surface area contributed by atoms with Crippen LogP contribution in [-0.4, -0.2) is 32.6 Å². The molecule has 3 N–H and O–H groups in total. The molecule has 130 valence electrons. The zero-order chi connectivity index (χ0) is 16.2. The average molecular weight is 441 g/mol. The molecule has 23 heavy (non-hydrogen) atoms. The molecule has 0 aromatic heterocycles. The van der Waals surface area contributed by atoms with E-state index < -0.39 is 5.92 Å². The van der Waals surface area contributed by atoms with E-state index in [2.05, 4.69) is 10.3 Å².